The lowest BCUT2D eigenvalue weighted by Gasteiger charge is -2.43. The monoisotopic (exact) mass is 563 g/mol. The van der Waals surface area contributed by atoms with E-state index >= 15 is 0 Å². The summed E-state index contributed by atoms with van der Waals surface area (Å²) in [5.74, 6) is 0. The molecule has 2 aromatic heterocycles. The highest BCUT2D eigenvalue weighted by Gasteiger charge is 2.56. The molecule has 2 nitrogen and oxygen atoms in total. The molecule has 0 unspecified atom stereocenters. The summed E-state index contributed by atoms with van der Waals surface area (Å²) < 4.78 is 48.0. The lowest BCUT2D eigenvalue weighted by molar-refractivity contribution is -0.217. The summed E-state index contributed by atoms with van der Waals surface area (Å²) >= 11 is 0. The number of halogens is 3. The van der Waals surface area contributed by atoms with Crippen LogP contribution in [0.3, 0.4) is 0 Å². The molecule has 0 radical (unpaired) electrons. The molecule has 0 aliphatic carbocycles. The summed E-state index contributed by atoms with van der Waals surface area (Å²) in [5, 5.41) is 0.861. The van der Waals surface area contributed by atoms with Gasteiger partial charge in [0.15, 0.2) is 0 Å². The van der Waals surface area contributed by atoms with Gasteiger partial charge >= 0.3 is 6.18 Å². The van der Waals surface area contributed by atoms with E-state index in [0.717, 1.165) is 44.3 Å². The number of furan rings is 1. The fourth-order valence-corrected chi connectivity index (χ4v) is 5.37. The molecule has 0 aliphatic heterocycles. The first-order valence-corrected chi connectivity index (χ1v) is 14.5. The normalized spacial score (nSPS) is 13.6. The Bertz CT molecular complexity index is 1780. The van der Waals surface area contributed by atoms with Gasteiger partial charge in [0.1, 0.15) is 42.6 Å². The standard InChI is InChI=1S/C33H36B4F3NO/c1-29(2,3)31(34,35)22-15-16-41-26(18-22)25-8-6-7-24-23-14-11-20(17-27(23)42-28(24)25)19-9-12-21(13-10-19)32(36,37)30(4,5)33(38,39)40/h6-18H,34-37H2,1-5H3. The van der Waals surface area contributed by atoms with Crippen molar-refractivity contribution in [3.8, 4) is 22.4 Å². The number of hydrogen-bond acceptors (Lipinski definition) is 2. The van der Waals surface area contributed by atoms with Crippen molar-refractivity contribution in [2.24, 2.45) is 10.8 Å². The van der Waals surface area contributed by atoms with Gasteiger partial charge in [-0.25, -0.2) is 0 Å². The second kappa shape index (κ2) is 9.86. The average Bonchev–Trinajstić information content (AvgIpc) is 3.30. The zero-order valence-corrected chi connectivity index (χ0v) is 26.0. The average molecular weight is 563 g/mol. The van der Waals surface area contributed by atoms with Crippen molar-refractivity contribution >= 4 is 53.3 Å². The van der Waals surface area contributed by atoms with Gasteiger partial charge in [0.05, 0.1) is 11.1 Å². The lowest BCUT2D eigenvalue weighted by Crippen LogP contribution is -2.52. The molecule has 3 aromatic carbocycles. The van der Waals surface area contributed by atoms with E-state index < -0.39 is 16.8 Å². The summed E-state index contributed by atoms with van der Waals surface area (Å²) in [6.45, 7) is 9.29. The van der Waals surface area contributed by atoms with Crippen molar-refractivity contribution < 1.29 is 17.6 Å². The van der Waals surface area contributed by atoms with Crippen LogP contribution in [0.15, 0.2) is 83.4 Å². The Hall–Kier alpha value is -3.34. The van der Waals surface area contributed by atoms with Crippen LogP contribution in [0.1, 0.15) is 45.7 Å². The van der Waals surface area contributed by atoms with Crippen molar-refractivity contribution in [2.45, 2.75) is 51.2 Å². The highest BCUT2D eigenvalue weighted by atomic mass is 19.4. The maximum absolute atomic E-state index is 13.8. The first-order valence-electron chi connectivity index (χ1n) is 14.5. The summed E-state index contributed by atoms with van der Waals surface area (Å²) in [6.07, 6.45) is -2.45. The second-order valence-corrected chi connectivity index (χ2v) is 14.1. The SMILES string of the molecule is BC(B)(c1ccnc(-c2cccc3c2oc2cc(-c4ccc(C(B)(B)C(C)(C)C(F)(F)F)cc4)ccc23)c1)C(C)(C)C. The maximum Gasteiger partial charge on any atom is 0.393 e. The van der Waals surface area contributed by atoms with E-state index in [1.807, 2.05) is 54.7 Å². The molecule has 0 spiro atoms. The molecule has 0 fully saturated rings. The smallest absolute Gasteiger partial charge is 0.393 e. The molecule has 0 bridgehead atoms. The third-order valence-corrected chi connectivity index (χ3v) is 10.3. The molecule has 0 saturated heterocycles. The fourth-order valence-electron chi connectivity index (χ4n) is 5.37. The molecule has 0 N–H and O–H groups in total. The van der Waals surface area contributed by atoms with Crippen LogP contribution in [0.5, 0.6) is 0 Å². The van der Waals surface area contributed by atoms with Gasteiger partial charge in [-0.3, -0.25) is 4.98 Å². The molecule has 0 saturated carbocycles. The molecule has 9 heteroatoms. The summed E-state index contributed by atoms with van der Waals surface area (Å²) in [6, 6.07) is 23.9. The third-order valence-electron chi connectivity index (χ3n) is 10.3. The number of benzene rings is 3. The predicted molar refractivity (Wildman–Crippen MR) is 179 cm³/mol. The first-order chi connectivity index (χ1) is 19.4. The van der Waals surface area contributed by atoms with Crippen LogP contribution in [-0.2, 0) is 10.4 Å². The third kappa shape index (κ3) is 4.79. The Balaban J connectivity index is 1.54. The lowest BCUT2D eigenvalue weighted by atomic mass is 9.40. The fraction of sp³-hybridized carbons (Fsp3) is 0.303. The maximum atomic E-state index is 13.8. The number of aromatic nitrogens is 1. The van der Waals surface area contributed by atoms with Crippen molar-refractivity contribution in [1.82, 2.24) is 4.98 Å². The van der Waals surface area contributed by atoms with E-state index in [9.17, 15) is 13.2 Å². The van der Waals surface area contributed by atoms with Gasteiger partial charge in [-0.05, 0) is 52.1 Å². The van der Waals surface area contributed by atoms with E-state index in [0.29, 0.717) is 5.56 Å². The molecule has 42 heavy (non-hydrogen) atoms. The second-order valence-electron chi connectivity index (χ2n) is 14.1. The molecular weight excluding hydrogens is 527 g/mol. The van der Waals surface area contributed by atoms with Gasteiger partial charge in [-0.1, -0.05) is 93.4 Å². The van der Waals surface area contributed by atoms with Crippen molar-refractivity contribution in [1.29, 1.82) is 0 Å². The van der Waals surface area contributed by atoms with E-state index in [2.05, 4.69) is 60.7 Å². The molecule has 5 aromatic rings. The predicted octanol–water partition coefficient (Wildman–Crippen LogP) is 5.79. The Morgan fingerprint density at radius 1 is 0.667 bits per heavy atom. The number of rotatable bonds is 5. The molecular formula is C33H36B4F3NO. The van der Waals surface area contributed by atoms with Crippen LogP contribution in [0.2, 0.25) is 0 Å². The van der Waals surface area contributed by atoms with Crippen LogP contribution in [0.4, 0.5) is 13.2 Å². The van der Waals surface area contributed by atoms with E-state index in [4.69, 9.17) is 9.40 Å². The number of nitrogens with zero attached hydrogens (tertiary/aromatic N) is 1. The summed E-state index contributed by atoms with van der Waals surface area (Å²) in [5.41, 5.74) is 5.26. The van der Waals surface area contributed by atoms with Crippen LogP contribution >= 0.6 is 0 Å². The zero-order valence-electron chi connectivity index (χ0n) is 26.0. The topological polar surface area (TPSA) is 26.0 Å². The molecule has 0 atom stereocenters. The van der Waals surface area contributed by atoms with Gasteiger partial charge in [0, 0.05) is 22.5 Å². The van der Waals surface area contributed by atoms with Gasteiger partial charge in [-0.2, -0.15) is 13.2 Å². The molecule has 0 amide bonds. The van der Waals surface area contributed by atoms with Crippen molar-refractivity contribution in [3.63, 3.8) is 0 Å². The molecule has 212 valence electrons. The number of pyridine rings is 1. The molecule has 5 rings (SSSR count). The van der Waals surface area contributed by atoms with E-state index in [-0.39, 0.29) is 10.6 Å². The van der Waals surface area contributed by atoms with Gasteiger partial charge in [0.2, 0.25) is 0 Å². The Labute approximate surface area is 250 Å². The largest absolute Gasteiger partial charge is 0.455 e. The number of fused-ring (bicyclic) bond motifs is 3. The van der Waals surface area contributed by atoms with Crippen LogP contribution < -0.4 is 0 Å². The van der Waals surface area contributed by atoms with Crippen molar-refractivity contribution in [3.05, 3.63) is 90.1 Å². The number of hydrogen-bond donors (Lipinski definition) is 0. The highest BCUT2D eigenvalue weighted by Crippen LogP contribution is 2.49. The molecule has 0 aliphatic rings. The van der Waals surface area contributed by atoms with Gasteiger partial charge in [0.25, 0.3) is 0 Å². The number of alkyl halides is 3. The minimum absolute atomic E-state index is 0.0609. The van der Waals surface area contributed by atoms with Gasteiger partial charge in [-0.15, -0.1) is 0 Å². The van der Waals surface area contributed by atoms with Crippen molar-refractivity contribution in [2.75, 3.05) is 0 Å². The minimum atomic E-state index is -4.32. The highest BCUT2D eigenvalue weighted by molar-refractivity contribution is 6.41. The minimum Gasteiger partial charge on any atom is -0.455 e. The van der Waals surface area contributed by atoms with E-state index in [1.54, 1.807) is 15.7 Å². The van der Waals surface area contributed by atoms with Gasteiger partial charge < -0.3 is 4.42 Å². The quantitative estimate of drug-likeness (QED) is 0.254. The first kappa shape index (κ1) is 30.1. The Kier molecular flexibility index (Phi) is 7.07. The van der Waals surface area contributed by atoms with E-state index in [1.165, 1.54) is 19.4 Å². The summed E-state index contributed by atoms with van der Waals surface area (Å²) in [4.78, 5) is 4.72. The molecule has 2 heterocycles. The zero-order chi connectivity index (χ0) is 30.9. The summed E-state index contributed by atoms with van der Waals surface area (Å²) in [7, 11) is 7.84. The van der Waals surface area contributed by atoms with Crippen LogP contribution in [0.25, 0.3) is 44.3 Å². The number of para-hydroxylation sites is 1. The van der Waals surface area contributed by atoms with Crippen LogP contribution in [-0.4, -0.2) is 42.5 Å². The Morgan fingerprint density at radius 3 is 1.93 bits per heavy atom. The van der Waals surface area contributed by atoms with Crippen LogP contribution in [0, 0.1) is 10.8 Å². The Morgan fingerprint density at radius 2 is 1.31 bits per heavy atom.